The molecule has 3 fully saturated rings. The Labute approximate surface area is 140 Å². The van der Waals surface area contributed by atoms with Crippen LogP contribution in [0.3, 0.4) is 0 Å². The summed E-state index contributed by atoms with van der Waals surface area (Å²) >= 11 is 11.8. The van der Waals surface area contributed by atoms with E-state index in [0.29, 0.717) is 15.7 Å². The van der Waals surface area contributed by atoms with Gasteiger partial charge in [0.25, 0.3) is 0 Å². The summed E-state index contributed by atoms with van der Waals surface area (Å²) in [4.78, 5) is 12.2. The maximum absolute atomic E-state index is 12.2. The van der Waals surface area contributed by atoms with E-state index < -0.39 is 0 Å². The van der Waals surface area contributed by atoms with E-state index in [9.17, 15) is 4.79 Å². The number of carbonyl (C=O) groups is 1. The van der Waals surface area contributed by atoms with Gasteiger partial charge in [0.1, 0.15) is 6.10 Å². The Hall–Kier alpha value is -0.930. The quantitative estimate of drug-likeness (QED) is 0.771. The van der Waals surface area contributed by atoms with Crippen molar-refractivity contribution in [2.45, 2.75) is 44.6 Å². The molecule has 0 aromatic heterocycles. The second-order valence-corrected chi connectivity index (χ2v) is 7.73. The molecule has 4 atom stereocenters. The van der Waals surface area contributed by atoms with E-state index in [1.165, 1.54) is 32.1 Å². The maximum atomic E-state index is 12.2. The van der Waals surface area contributed by atoms with Gasteiger partial charge in [0, 0.05) is 11.1 Å². The fourth-order valence-electron chi connectivity index (χ4n) is 5.16. The lowest BCUT2D eigenvalue weighted by atomic mass is 9.78. The first-order chi connectivity index (χ1) is 10.6. The summed E-state index contributed by atoms with van der Waals surface area (Å²) < 4.78 is 5.80. The Balaban J connectivity index is 1.43. The van der Waals surface area contributed by atoms with Crippen LogP contribution < -0.4 is 5.32 Å². The van der Waals surface area contributed by atoms with Crippen LogP contribution in [0.15, 0.2) is 18.2 Å². The van der Waals surface area contributed by atoms with Crippen LogP contribution in [-0.2, 0) is 4.74 Å². The van der Waals surface area contributed by atoms with E-state index >= 15 is 0 Å². The predicted octanol–water partition coefficient (Wildman–Crippen LogP) is 5.51. The van der Waals surface area contributed by atoms with E-state index in [2.05, 4.69) is 5.32 Å². The Kier molecular flexibility index (Phi) is 3.54. The minimum atomic E-state index is -0.379. The van der Waals surface area contributed by atoms with Crippen molar-refractivity contribution in [3.8, 4) is 0 Å². The molecule has 0 radical (unpaired) electrons. The number of halogens is 2. The van der Waals surface area contributed by atoms with E-state index in [1.54, 1.807) is 18.2 Å². The number of ether oxygens (including phenoxy) is 1. The van der Waals surface area contributed by atoms with Gasteiger partial charge in [0.2, 0.25) is 0 Å². The molecule has 22 heavy (non-hydrogen) atoms. The van der Waals surface area contributed by atoms with Crippen molar-refractivity contribution in [3.63, 3.8) is 0 Å². The molecule has 3 aliphatic rings. The number of hydrogen-bond donors (Lipinski definition) is 1. The second-order valence-electron chi connectivity index (χ2n) is 6.91. The zero-order chi connectivity index (χ0) is 15.3. The molecule has 1 N–H and O–H groups in total. The van der Waals surface area contributed by atoms with Gasteiger partial charge in [-0.15, -0.1) is 0 Å². The summed E-state index contributed by atoms with van der Waals surface area (Å²) in [6.07, 6.45) is 7.12. The van der Waals surface area contributed by atoms with Gasteiger partial charge in [-0.3, -0.25) is 5.32 Å². The molecule has 3 saturated carbocycles. The summed E-state index contributed by atoms with van der Waals surface area (Å²) in [5.41, 5.74) is 0.891. The number of nitrogens with one attached hydrogen (secondary N) is 1. The molecule has 1 aromatic carbocycles. The van der Waals surface area contributed by atoms with Crippen LogP contribution in [0.4, 0.5) is 10.5 Å². The van der Waals surface area contributed by atoms with E-state index in [-0.39, 0.29) is 17.6 Å². The summed E-state index contributed by atoms with van der Waals surface area (Å²) in [5, 5.41) is 3.67. The summed E-state index contributed by atoms with van der Waals surface area (Å²) in [7, 11) is 0. The molecule has 2 bridgehead atoms. The van der Waals surface area contributed by atoms with Gasteiger partial charge < -0.3 is 4.74 Å². The summed E-state index contributed by atoms with van der Waals surface area (Å²) in [5.74, 6) is 1.56. The van der Waals surface area contributed by atoms with Gasteiger partial charge in [-0.2, -0.15) is 0 Å². The van der Waals surface area contributed by atoms with Crippen molar-refractivity contribution >= 4 is 35.0 Å². The van der Waals surface area contributed by atoms with E-state index in [1.807, 2.05) is 0 Å². The largest absolute Gasteiger partial charge is 0.445 e. The van der Waals surface area contributed by atoms with Crippen molar-refractivity contribution in [3.05, 3.63) is 28.2 Å². The standard InChI is InChI=1S/C17H19Cl2NO2/c18-13-4-3-11(9-14(13)19)20-16(21)22-15-8-10-5-7-17(15)6-1-2-12(10)17/h3-4,9-10,12,15H,1-2,5-8H2,(H,20,21). The third-order valence-corrected chi connectivity index (χ3v) is 6.76. The lowest BCUT2D eigenvalue weighted by Crippen LogP contribution is -2.36. The fourth-order valence-corrected chi connectivity index (χ4v) is 5.46. The van der Waals surface area contributed by atoms with Crippen LogP contribution in [0.2, 0.25) is 10.0 Å². The Morgan fingerprint density at radius 3 is 2.91 bits per heavy atom. The lowest BCUT2D eigenvalue weighted by molar-refractivity contribution is 0.0173. The van der Waals surface area contributed by atoms with Crippen LogP contribution in [-0.4, -0.2) is 12.2 Å². The maximum Gasteiger partial charge on any atom is 0.411 e. The van der Waals surface area contributed by atoms with Crippen LogP contribution in [0.1, 0.15) is 38.5 Å². The van der Waals surface area contributed by atoms with Crippen LogP contribution in [0.25, 0.3) is 0 Å². The first kappa shape index (κ1) is 14.6. The third kappa shape index (κ3) is 2.21. The Bertz CT molecular complexity index is 617. The monoisotopic (exact) mass is 339 g/mol. The average molecular weight is 340 g/mol. The highest BCUT2D eigenvalue weighted by Crippen LogP contribution is 2.66. The molecule has 1 aromatic rings. The number of hydrogen-bond acceptors (Lipinski definition) is 2. The molecular weight excluding hydrogens is 321 g/mol. The Morgan fingerprint density at radius 1 is 1.23 bits per heavy atom. The van der Waals surface area contributed by atoms with Gasteiger partial charge >= 0.3 is 6.09 Å². The summed E-state index contributed by atoms with van der Waals surface area (Å²) in [6, 6.07) is 5.04. The minimum absolute atomic E-state index is 0.0847. The number of rotatable bonds is 2. The molecule has 3 aliphatic carbocycles. The highest BCUT2D eigenvalue weighted by molar-refractivity contribution is 6.42. The number of anilines is 1. The third-order valence-electron chi connectivity index (χ3n) is 6.02. The van der Waals surface area contributed by atoms with Crippen molar-refractivity contribution in [1.82, 2.24) is 0 Å². The van der Waals surface area contributed by atoms with Crippen molar-refractivity contribution in [2.75, 3.05) is 5.32 Å². The molecule has 0 heterocycles. The zero-order valence-corrected chi connectivity index (χ0v) is 13.8. The topological polar surface area (TPSA) is 38.3 Å². The van der Waals surface area contributed by atoms with Crippen molar-refractivity contribution in [1.29, 1.82) is 0 Å². The smallest absolute Gasteiger partial charge is 0.411 e. The molecule has 0 spiro atoms. The number of amides is 1. The zero-order valence-electron chi connectivity index (χ0n) is 12.3. The first-order valence-corrected chi connectivity index (χ1v) is 8.77. The SMILES string of the molecule is O=C(Nc1ccc(Cl)c(Cl)c1)OC1CC2CCC13CCCC23. The van der Waals surface area contributed by atoms with Gasteiger partial charge in [-0.05, 0) is 62.1 Å². The number of carbonyl (C=O) groups excluding carboxylic acids is 1. The highest BCUT2D eigenvalue weighted by atomic mass is 35.5. The molecule has 0 saturated heterocycles. The molecule has 4 rings (SSSR count). The number of benzene rings is 1. The van der Waals surface area contributed by atoms with E-state index in [4.69, 9.17) is 27.9 Å². The molecule has 118 valence electrons. The molecule has 5 heteroatoms. The van der Waals surface area contributed by atoms with Crippen LogP contribution >= 0.6 is 23.2 Å². The van der Waals surface area contributed by atoms with Gasteiger partial charge in [-0.1, -0.05) is 29.6 Å². The molecule has 1 amide bonds. The van der Waals surface area contributed by atoms with Gasteiger partial charge in [0.15, 0.2) is 0 Å². The minimum Gasteiger partial charge on any atom is -0.445 e. The van der Waals surface area contributed by atoms with Crippen molar-refractivity contribution in [2.24, 2.45) is 17.3 Å². The normalized spacial score (nSPS) is 35.5. The average Bonchev–Trinajstić information content (AvgIpc) is 3.10. The van der Waals surface area contributed by atoms with Gasteiger partial charge in [0.05, 0.1) is 10.0 Å². The molecule has 4 unspecified atom stereocenters. The van der Waals surface area contributed by atoms with E-state index in [0.717, 1.165) is 18.3 Å². The summed E-state index contributed by atoms with van der Waals surface area (Å²) in [6.45, 7) is 0. The Morgan fingerprint density at radius 2 is 2.09 bits per heavy atom. The fraction of sp³-hybridized carbons (Fsp3) is 0.588. The lowest BCUT2D eigenvalue weighted by Gasteiger charge is -2.33. The van der Waals surface area contributed by atoms with Gasteiger partial charge in [-0.25, -0.2) is 4.79 Å². The molecular formula is C17H19Cl2NO2. The van der Waals surface area contributed by atoms with Crippen LogP contribution in [0.5, 0.6) is 0 Å². The first-order valence-electron chi connectivity index (χ1n) is 8.01. The highest BCUT2D eigenvalue weighted by Gasteiger charge is 2.62. The molecule has 3 nitrogen and oxygen atoms in total. The van der Waals surface area contributed by atoms with Crippen LogP contribution in [0, 0.1) is 17.3 Å². The second kappa shape index (κ2) is 5.31. The van der Waals surface area contributed by atoms with Crippen molar-refractivity contribution < 1.29 is 9.53 Å². The molecule has 0 aliphatic heterocycles. The predicted molar refractivity (Wildman–Crippen MR) is 87.5 cm³/mol.